The van der Waals surface area contributed by atoms with Crippen molar-refractivity contribution in [3.63, 3.8) is 0 Å². The van der Waals surface area contributed by atoms with Crippen LogP contribution in [0.1, 0.15) is 65.2 Å². The lowest BCUT2D eigenvalue weighted by atomic mass is 9.60. The molecule has 26 heavy (non-hydrogen) atoms. The Kier molecular flexibility index (Phi) is 3.79. The highest BCUT2D eigenvalue weighted by molar-refractivity contribution is 5.55. The minimum absolute atomic E-state index is 0.295. The average molecular weight is 352 g/mol. The third-order valence-electron chi connectivity index (χ3n) is 8.04. The first kappa shape index (κ1) is 15.6. The van der Waals surface area contributed by atoms with Crippen LogP contribution < -0.4 is 4.90 Å². The summed E-state index contributed by atoms with van der Waals surface area (Å²) >= 11 is 0. The lowest BCUT2D eigenvalue weighted by Crippen LogP contribution is -2.51. The van der Waals surface area contributed by atoms with Crippen LogP contribution in [0.2, 0.25) is 0 Å². The fraction of sp³-hybridized carbons (Fsp3) is 0.667. The molecule has 2 aliphatic carbocycles. The smallest absolute Gasteiger partial charge is 0.0905 e. The van der Waals surface area contributed by atoms with Gasteiger partial charge < -0.3 is 9.80 Å². The molecule has 5 rings (SSSR count). The van der Waals surface area contributed by atoms with Gasteiger partial charge in [-0.05, 0) is 69.2 Å². The molecule has 2 saturated carbocycles. The van der Waals surface area contributed by atoms with Crippen molar-refractivity contribution < 1.29 is 1.37 Å². The van der Waals surface area contributed by atoms with E-state index < -0.39 is 0 Å². The zero-order valence-corrected chi connectivity index (χ0v) is 16.4. The molecule has 3 fully saturated rings. The Morgan fingerprint density at radius 3 is 2.23 bits per heavy atom. The molecule has 2 nitrogen and oxygen atoms in total. The number of hydrogen-bond acceptors (Lipinski definition) is 2. The first-order valence-electron chi connectivity index (χ1n) is 11.5. The Hall–Kier alpha value is -1.44. The molecule has 2 aliphatic heterocycles. The molecule has 2 heteroatoms. The van der Waals surface area contributed by atoms with Gasteiger partial charge in [0.25, 0.3) is 0 Å². The van der Waals surface area contributed by atoms with Crippen molar-refractivity contribution in [3.8, 4) is 0 Å². The van der Waals surface area contributed by atoms with Gasteiger partial charge in [-0.25, -0.2) is 0 Å². The summed E-state index contributed by atoms with van der Waals surface area (Å²) in [7, 11) is 0. The molecule has 0 aromatic heterocycles. The van der Waals surface area contributed by atoms with Gasteiger partial charge in [-0.15, -0.1) is 0 Å². The summed E-state index contributed by atoms with van der Waals surface area (Å²) in [4.78, 5) is 4.80. The number of hydrogen-bond donors (Lipinski definition) is 0. The second-order valence-electron chi connectivity index (χ2n) is 9.22. The zero-order valence-electron chi connectivity index (χ0n) is 17.4. The third-order valence-corrected chi connectivity index (χ3v) is 8.04. The summed E-state index contributed by atoms with van der Waals surface area (Å²) in [6, 6.07) is 9.49. The molecule has 1 aromatic rings. The monoisotopic (exact) mass is 351 g/mol. The van der Waals surface area contributed by atoms with E-state index in [4.69, 9.17) is 1.37 Å². The van der Waals surface area contributed by atoms with Gasteiger partial charge in [-0.1, -0.05) is 50.0 Å². The molecule has 0 radical (unpaired) electrons. The molecular formula is C24H34N2. The Balaban J connectivity index is 1.57. The maximum absolute atomic E-state index is 9.10. The largest absolute Gasteiger partial charge is 0.354 e. The highest BCUT2D eigenvalue weighted by Crippen LogP contribution is 2.59. The molecule has 0 amide bonds. The standard InChI is InChI=1S/C24H34N2/c1-18-9-3-8-14-22(18)26-17-25-16-15-24(23(25)19(26)2,20-10-4-5-11-20)21-12-6-7-13-21/h3,8-9,14-16,19-21,23H,4-7,10-13,17H2,1-2H3/t19-,23?/m0/s1/i17D/t17?,19-,23?. The Bertz CT molecular complexity index is 701. The molecule has 3 atom stereocenters. The van der Waals surface area contributed by atoms with E-state index in [2.05, 4.69) is 60.2 Å². The van der Waals surface area contributed by atoms with Gasteiger partial charge >= 0.3 is 0 Å². The summed E-state index contributed by atoms with van der Waals surface area (Å²) in [6.45, 7) is 4.28. The van der Waals surface area contributed by atoms with E-state index in [9.17, 15) is 0 Å². The van der Waals surface area contributed by atoms with Crippen molar-refractivity contribution in [3.05, 3.63) is 42.1 Å². The van der Waals surface area contributed by atoms with Crippen LogP contribution in [0, 0.1) is 24.2 Å². The maximum Gasteiger partial charge on any atom is 0.0905 e. The van der Waals surface area contributed by atoms with E-state index in [1.54, 1.807) is 0 Å². The van der Waals surface area contributed by atoms with Crippen molar-refractivity contribution in [1.29, 1.82) is 0 Å². The minimum Gasteiger partial charge on any atom is -0.354 e. The van der Waals surface area contributed by atoms with Crippen LogP contribution in [0.4, 0.5) is 5.69 Å². The van der Waals surface area contributed by atoms with Gasteiger partial charge in [-0.3, -0.25) is 0 Å². The summed E-state index contributed by atoms with van der Waals surface area (Å²) in [5, 5.41) is 0. The second kappa shape index (κ2) is 6.32. The number of benzene rings is 1. The minimum atomic E-state index is -0.299. The van der Waals surface area contributed by atoms with Crippen LogP contribution in [0.3, 0.4) is 0 Å². The first-order valence-corrected chi connectivity index (χ1v) is 10.9. The van der Waals surface area contributed by atoms with E-state index in [-0.39, 0.29) is 6.64 Å². The summed E-state index contributed by atoms with van der Waals surface area (Å²) < 4.78 is 9.10. The summed E-state index contributed by atoms with van der Waals surface area (Å²) in [5.74, 6) is 1.64. The van der Waals surface area contributed by atoms with Crippen molar-refractivity contribution >= 4 is 5.69 Å². The molecule has 140 valence electrons. The Labute approximate surface area is 160 Å². The fourth-order valence-corrected chi connectivity index (χ4v) is 6.92. The van der Waals surface area contributed by atoms with Crippen molar-refractivity contribution in [2.24, 2.45) is 17.3 Å². The molecule has 4 aliphatic rings. The molecule has 0 spiro atoms. The van der Waals surface area contributed by atoms with Gasteiger partial charge in [0.1, 0.15) is 0 Å². The van der Waals surface area contributed by atoms with E-state index in [0.29, 0.717) is 17.5 Å². The molecule has 0 N–H and O–H groups in total. The highest BCUT2D eigenvalue weighted by Gasteiger charge is 2.58. The maximum atomic E-state index is 9.10. The lowest BCUT2D eigenvalue weighted by molar-refractivity contribution is 0.0623. The van der Waals surface area contributed by atoms with Crippen LogP contribution in [0.5, 0.6) is 0 Å². The fourth-order valence-electron chi connectivity index (χ4n) is 6.92. The van der Waals surface area contributed by atoms with Crippen molar-refractivity contribution in [2.45, 2.75) is 77.3 Å². The molecular weight excluding hydrogens is 316 g/mol. The predicted octanol–water partition coefficient (Wildman–Crippen LogP) is 5.73. The van der Waals surface area contributed by atoms with E-state index in [1.807, 2.05) is 0 Å². The van der Waals surface area contributed by atoms with Crippen LogP contribution in [0.15, 0.2) is 36.5 Å². The van der Waals surface area contributed by atoms with E-state index in [1.165, 1.54) is 62.6 Å². The van der Waals surface area contributed by atoms with Crippen molar-refractivity contribution in [1.82, 2.24) is 4.90 Å². The number of anilines is 1. The first-order chi connectivity index (χ1) is 13.1. The topological polar surface area (TPSA) is 6.48 Å². The molecule has 0 bridgehead atoms. The van der Waals surface area contributed by atoms with Gasteiger partial charge in [0.2, 0.25) is 0 Å². The van der Waals surface area contributed by atoms with Crippen LogP contribution in [-0.2, 0) is 0 Å². The average Bonchev–Trinajstić information content (AvgIpc) is 3.43. The third kappa shape index (κ3) is 2.30. The van der Waals surface area contributed by atoms with Crippen molar-refractivity contribution in [2.75, 3.05) is 11.5 Å². The Morgan fingerprint density at radius 2 is 1.62 bits per heavy atom. The normalized spacial score (nSPS) is 34.7. The van der Waals surface area contributed by atoms with Crippen LogP contribution >= 0.6 is 0 Å². The molecule has 2 unspecified atom stereocenters. The molecule has 1 saturated heterocycles. The van der Waals surface area contributed by atoms with Crippen LogP contribution in [-0.4, -0.2) is 23.6 Å². The quantitative estimate of drug-likeness (QED) is 0.686. The van der Waals surface area contributed by atoms with Gasteiger partial charge in [0, 0.05) is 17.1 Å². The van der Waals surface area contributed by atoms with Gasteiger partial charge in [0.15, 0.2) is 0 Å². The van der Waals surface area contributed by atoms with Crippen LogP contribution in [0.25, 0.3) is 0 Å². The van der Waals surface area contributed by atoms with Gasteiger partial charge in [0.05, 0.1) is 14.1 Å². The summed E-state index contributed by atoms with van der Waals surface area (Å²) in [6.07, 6.45) is 16.1. The lowest BCUT2D eigenvalue weighted by Gasteiger charge is -2.47. The van der Waals surface area contributed by atoms with Gasteiger partial charge in [-0.2, -0.15) is 0 Å². The predicted molar refractivity (Wildman–Crippen MR) is 109 cm³/mol. The number of para-hydroxylation sites is 1. The number of fused-ring (bicyclic) bond motifs is 1. The molecule has 1 aromatic carbocycles. The Morgan fingerprint density at radius 1 is 1.00 bits per heavy atom. The highest BCUT2D eigenvalue weighted by atomic mass is 15.4. The summed E-state index contributed by atoms with van der Waals surface area (Å²) in [5.41, 5.74) is 2.84. The van der Waals surface area contributed by atoms with E-state index in [0.717, 1.165) is 11.8 Å². The second-order valence-corrected chi connectivity index (χ2v) is 9.22. The number of rotatable bonds is 3. The number of aryl methyl sites for hydroxylation is 1. The SMILES string of the molecule is [2H]C1N2C=CC(C3CCCC3)(C3CCCC3)C2[C@H](C)N1c1ccccc1C. The zero-order chi connectivity index (χ0) is 18.6. The molecule has 2 heterocycles. The number of nitrogens with zero attached hydrogens (tertiary/aromatic N) is 2. The van der Waals surface area contributed by atoms with E-state index >= 15 is 0 Å².